The van der Waals surface area contributed by atoms with Gasteiger partial charge >= 0.3 is 12.1 Å². The van der Waals surface area contributed by atoms with E-state index in [0.29, 0.717) is 12.1 Å². The van der Waals surface area contributed by atoms with Gasteiger partial charge in [0.15, 0.2) is 0 Å². The molecule has 1 saturated heterocycles. The summed E-state index contributed by atoms with van der Waals surface area (Å²) >= 11 is 0. The minimum Gasteiger partial charge on any atom is -0.475 e. The summed E-state index contributed by atoms with van der Waals surface area (Å²) in [6, 6.07) is 1.83. The summed E-state index contributed by atoms with van der Waals surface area (Å²) in [5.74, 6) is 3.98. The van der Waals surface area contributed by atoms with Gasteiger partial charge in [0.05, 0.1) is 12.1 Å². The van der Waals surface area contributed by atoms with Gasteiger partial charge in [0.25, 0.3) is 5.56 Å². The fraction of sp³-hybridized carbons (Fsp3) is 0.438. The third-order valence-electron chi connectivity index (χ3n) is 3.70. The lowest BCUT2D eigenvalue weighted by atomic mass is 10.4. The van der Waals surface area contributed by atoms with E-state index in [-0.39, 0.29) is 5.56 Å². The van der Waals surface area contributed by atoms with Gasteiger partial charge in [-0.25, -0.2) is 9.78 Å². The predicted molar refractivity (Wildman–Crippen MR) is 92.6 cm³/mol. The van der Waals surface area contributed by atoms with Crippen LogP contribution in [-0.4, -0.2) is 58.0 Å². The highest BCUT2D eigenvalue weighted by Crippen LogP contribution is 2.20. The van der Waals surface area contributed by atoms with Gasteiger partial charge in [0, 0.05) is 32.4 Å². The van der Waals surface area contributed by atoms with Crippen LogP contribution in [0, 0.1) is 11.8 Å². The number of fused-ring (bicyclic) bond motifs is 1. The normalized spacial score (nSPS) is 14.1. The lowest BCUT2D eigenvalue weighted by molar-refractivity contribution is -0.192. The number of aliphatic carboxylic acids is 1. The van der Waals surface area contributed by atoms with Gasteiger partial charge in [0.1, 0.15) is 5.52 Å². The molecule has 8 nitrogen and oxygen atoms in total. The van der Waals surface area contributed by atoms with Crippen LogP contribution in [-0.2, 0) is 11.3 Å². The Balaban J connectivity index is 0.000000321. The van der Waals surface area contributed by atoms with Crippen LogP contribution < -0.4 is 15.8 Å². The van der Waals surface area contributed by atoms with E-state index >= 15 is 0 Å². The first kappa shape index (κ1) is 20.3. The summed E-state index contributed by atoms with van der Waals surface area (Å²) < 4.78 is 33.6. The van der Waals surface area contributed by atoms with Crippen LogP contribution in [0.25, 0.3) is 11.0 Å². The Morgan fingerprint density at radius 2 is 2.00 bits per heavy atom. The molecule has 0 atom stereocenters. The van der Waals surface area contributed by atoms with Crippen molar-refractivity contribution in [3.05, 3.63) is 22.6 Å². The molecule has 3 heterocycles. The van der Waals surface area contributed by atoms with E-state index < -0.39 is 12.1 Å². The highest BCUT2D eigenvalue weighted by molar-refractivity contribution is 5.77. The number of alkyl halides is 3. The zero-order valence-corrected chi connectivity index (χ0v) is 14.4. The van der Waals surface area contributed by atoms with Gasteiger partial charge in [-0.1, -0.05) is 5.92 Å². The van der Waals surface area contributed by atoms with Crippen LogP contribution in [0.5, 0.6) is 0 Å². The first-order chi connectivity index (χ1) is 12.8. The maximum absolute atomic E-state index is 12.1. The van der Waals surface area contributed by atoms with E-state index in [2.05, 4.69) is 32.0 Å². The Kier molecular flexibility index (Phi) is 6.46. The SMILES string of the molecule is CC#CCn1c(N2CCNCC2)nc2cc[nH]c(=O)c21.O=C(O)C(F)(F)F. The number of H-pyrrole nitrogens is 1. The predicted octanol–water partition coefficient (Wildman–Crippen LogP) is 0.791. The number of pyridine rings is 1. The number of carboxylic acids is 1. The van der Waals surface area contributed by atoms with Crippen molar-refractivity contribution in [3.8, 4) is 11.8 Å². The van der Waals surface area contributed by atoms with Crippen molar-refractivity contribution >= 4 is 23.0 Å². The van der Waals surface area contributed by atoms with Crippen LogP contribution in [0.4, 0.5) is 19.1 Å². The molecule has 146 valence electrons. The van der Waals surface area contributed by atoms with Crippen molar-refractivity contribution in [2.75, 3.05) is 31.1 Å². The van der Waals surface area contributed by atoms with Gasteiger partial charge in [-0.2, -0.15) is 13.2 Å². The number of imidazole rings is 1. The highest BCUT2D eigenvalue weighted by atomic mass is 19.4. The van der Waals surface area contributed by atoms with Gasteiger partial charge in [-0.05, 0) is 13.0 Å². The number of carboxylic acid groups (broad SMARTS) is 1. The second-order valence-corrected chi connectivity index (χ2v) is 5.51. The Morgan fingerprint density at radius 1 is 1.37 bits per heavy atom. The smallest absolute Gasteiger partial charge is 0.475 e. The third-order valence-corrected chi connectivity index (χ3v) is 3.70. The fourth-order valence-electron chi connectivity index (χ4n) is 2.49. The fourth-order valence-corrected chi connectivity index (χ4v) is 2.49. The summed E-state index contributed by atoms with van der Waals surface area (Å²) in [5, 5.41) is 10.4. The van der Waals surface area contributed by atoms with Crippen LogP contribution in [0.1, 0.15) is 6.92 Å². The van der Waals surface area contributed by atoms with Crippen LogP contribution in [0.3, 0.4) is 0 Å². The van der Waals surface area contributed by atoms with E-state index in [1.165, 1.54) is 0 Å². The molecule has 0 saturated carbocycles. The van der Waals surface area contributed by atoms with Gasteiger partial charge < -0.3 is 20.3 Å². The summed E-state index contributed by atoms with van der Waals surface area (Å²) in [5.41, 5.74) is 1.21. The first-order valence-electron chi connectivity index (χ1n) is 7.99. The second kappa shape index (κ2) is 8.59. The summed E-state index contributed by atoms with van der Waals surface area (Å²) in [6.45, 7) is 5.92. The molecule has 11 heteroatoms. The number of halogens is 3. The molecule has 0 spiro atoms. The second-order valence-electron chi connectivity index (χ2n) is 5.51. The highest BCUT2D eigenvalue weighted by Gasteiger charge is 2.38. The average Bonchev–Trinajstić information content (AvgIpc) is 3.00. The molecule has 1 aliphatic heterocycles. The number of rotatable bonds is 2. The largest absolute Gasteiger partial charge is 0.490 e. The minimum atomic E-state index is -5.08. The molecule has 0 aliphatic carbocycles. The number of nitrogens with one attached hydrogen (secondary N) is 2. The summed E-state index contributed by atoms with van der Waals surface area (Å²) in [6.07, 6.45) is -3.45. The van der Waals surface area contributed by atoms with E-state index in [1.807, 2.05) is 10.6 Å². The van der Waals surface area contributed by atoms with E-state index in [4.69, 9.17) is 9.90 Å². The molecule has 0 radical (unpaired) electrons. The van der Waals surface area contributed by atoms with Crippen molar-refractivity contribution in [2.24, 2.45) is 0 Å². The zero-order valence-electron chi connectivity index (χ0n) is 14.4. The number of anilines is 1. The molecule has 0 bridgehead atoms. The lowest BCUT2D eigenvalue weighted by Crippen LogP contribution is -2.44. The Bertz CT molecular complexity index is 917. The molecule has 3 N–H and O–H groups in total. The zero-order chi connectivity index (χ0) is 20.0. The van der Waals surface area contributed by atoms with Crippen molar-refractivity contribution in [1.29, 1.82) is 0 Å². The monoisotopic (exact) mass is 385 g/mol. The van der Waals surface area contributed by atoms with Crippen molar-refractivity contribution in [2.45, 2.75) is 19.6 Å². The third kappa shape index (κ3) is 5.01. The van der Waals surface area contributed by atoms with Crippen LogP contribution >= 0.6 is 0 Å². The topological polar surface area (TPSA) is 103 Å². The van der Waals surface area contributed by atoms with E-state index in [0.717, 1.165) is 37.6 Å². The average molecular weight is 385 g/mol. The molecule has 27 heavy (non-hydrogen) atoms. The van der Waals surface area contributed by atoms with E-state index in [9.17, 15) is 18.0 Å². The number of carbonyl (C=O) groups is 1. The molecule has 0 amide bonds. The van der Waals surface area contributed by atoms with E-state index in [1.54, 1.807) is 13.1 Å². The molecule has 3 rings (SSSR count). The quantitative estimate of drug-likeness (QED) is 0.661. The summed E-state index contributed by atoms with van der Waals surface area (Å²) in [7, 11) is 0. The minimum absolute atomic E-state index is 0.116. The standard InChI is InChI=1S/C14H17N5O.C2HF3O2/c1-2-3-8-19-12-11(4-5-16-13(12)20)17-14(19)18-9-6-15-7-10-18;3-2(4,5)1(6)7/h4-5,15H,6-10H2,1H3,(H,16,20);(H,6,7). The lowest BCUT2D eigenvalue weighted by Gasteiger charge is -2.28. The molecule has 0 unspecified atom stereocenters. The molecule has 2 aromatic rings. The maximum Gasteiger partial charge on any atom is 0.490 e. The summed E-state index contributed by atoms with van der Waals surface area (Å²) in [4.78, 5) is 30.5. The Morgan fingerprint density at radius 3 is 2.56 bits per heavy atom. The van der Waals surface area contributed by atoms with Crippen molar-refractivity contribution in [1.82, 2.24) is 19.9 Å². The number of aromatic amines is 1. The van der Waals surface area contributed by atoms with Gasteiger partial charge in [-0.15, -0.1) is 5.92 Å². The molecule has 2 aromatic heterocycles. The number of piperazine rings is 1. The molecular weight excluding hydrogens is 367 g/mol. The Hall–Kier alpha value is -3.00. The number of hydrogen-bond donors (Lipinski definition) is 3. The first-order valence-corrected chi connectivity index (χ1v) is 7.99. The van der Waals surface area contributed by atoms with Crippen LogP contribution in [0.15, 0.2) is 17.1 Å². The van der Waals surface area contributed by atoms with Crippen LogP contribution in [0.2, 0.25) is 0 Å². The molecular formula is C16H18F3N5O3. The molecule has 0 aromatic carbocycles. The number of hydrogen-bond acceptors (Lipinski definition) is 5. The Labute approximate surface area is 152 Å². The number of aromatic nitrogens is 3. The van der Waals surface area contributed by atoms with Crippen molar-refractivity contribution < 1.29 is 23.1 Å². The maximum atomic E-state index is 12.1. The molecule has 1 aliphatic rings. The van der Waals surface area contributed by atoms with Crippen molar-refractivity contribution in [3.63, 3.8) is 0 Å². The number of nitrogens with zero attached hydrogens (tertiary/aromatic N) is 3. The van der Waals surface area contributed by atoms with Gasteiger partial charge in [-0.3, -0.25) is 9.36 Å². The van der Waals surface area contributed by atoms with Gasteiger partial charge in [0.2, 0.25) is 5.95 Å². The molecule has 1 fully saturated rings.